The molecule has 352 valence electrons. The quantitative estimate of drug-likeness (QED) is 0.146. The zero-order chi connectivity index (χ0) is 47.0. The molecule has 1 aliphatic carbocycles. The molecule has 3 aromatic carbocycles. The van der Waals surface area contributed by atoms with E-state index in [-0.39, 0.29) is 71.7 Å². The maximum atomic E-state index is 15.7. The molecular formula is C45H48F2N10O9S. The van der Waals surface area contributed by atoms with E-state index in [2.05, 4.69) is 20.1 Å². The van der Waals surface area contributed by atoms with E-state index in [0.717, 1.165) is 6.07 Å². The predicted octanol–water partition coefficient (Wildman–Crippen LogP) is 4.11. The zero-order valence-electron chi connectivity index (χ0n) is 36.5. The number of hydrogen-bond acceptors (Lipinski definition) is 14. The van der Waals surface area contributed by atoms with Crippen LogP contribution >= 0.6 is 0 Å². The van der Waals surface area contributed by atoms with Crippen molar-refractivity contribution < 1.29 is 46.5 Å². The number of hydrogen-bond donors (Lipinski definition) is 4. The number of benzene rings is 3. The summed E-state index contributed by atoms with van der Waals surface area (Å²) in [5.74, 6) is -1.96. The normalized spacial score (nSPS) is 21.5. The Morgan fingerprint density at radius 2 is 1.78 bits per heavy atom. The highest BCUT2D eigenvalue weighted by molar-refractivity contribution is 7.93. The van der Waals surface area contributed by atoms with Gasteiger partial charge in [-0.25, -0.2) is 27.0 Å². The van der Waals surface area contributed by atoms with E-state index in [1.807, 2.05) is 15.9 Å². The number of ether oxygens (including phenoxy) is 2. The van der Waals surface area contributed by atoms with Gasteiger partial charge in [-0.2, -0.15) is 10.4 Å². The van der Waals surface area contributed by atoms with Crippen molar-refractivity contribution in [3.63, 3.8) is 0 Å². The van der Waals surface area contributed by atoms with Crippen LogP contribution in [0.25, 0.3) is 21.8 Å². The molecule has 6 heterocycles. The van der Waals surface area contributed by atoms with Gasteiger partial charge in [0.15, 0.2) is 17.4 Å². The van der Waals surface area contributed by atoms with Crippen LogP contribution in [0.2, 0.25) is 0 Å². The van der Waals surface area contributed by atoms with Crippen molar-refractivity contribution in [3.05, 3.63) is 76.3 Å². The first-order chi connectivity index (χ1) is 32.0. The van der Waals surface area contributed by atoms with Crippen molar-refractivity contribution in [1.29, 1.82) is 5.26 Å². The summed E-state index contributed by atoms with van der Waals surface area (Å²) in [6.45, 7) is 2.02. The van der Waals surface area contributed by atoms with Crippen molar-refractivity contribution in [1.82, 2.24) is 29.5 Å². The largest absolute Gasteiger partial charge is 0.453 e. The van der Waals surface area contributed by atoms with E-state index in [4.69, 9.17) is 9.47 Å². The number of piperidine rings is 2. The van der Waals surface area contributed by atoms with Gasteiger partial charge in [0.2, 0.25) is 15.9 Å². The van der Waals surface area contributed by atoms with E-state index < -0.39 is 56.1 Å². The van der Waals surface area contributed by atoms with Gasteiger partial charge in [0.1, 0.15) is 29.4 Å². The van der Waals surface area contributed by atoms with E-state index in [0.29, 0.717) is 93.2 Å². The maximum Gasteiger partial charge on any atom is 0.329 e. The number of aliphatic hydroxyl groups is 2. The van der Waals surface area contributed by atoms with E-state index >= 15 is 8.78 Å². The lowest BCUT2D eigenvalue weighted by atomic mass is 9.85. The van der Waals surface area contributed by atoms with Crippen LogP contribution in [-0.4, -0.2) is 117 Å². The van der Waals surface area contributed by atoms with Gasteiger partial charge in [-0.3, -0.25) is 38.7 Å². The number of imide groups is 1. The van der Waals surface area contributed by atoms with E-state index in [9.17, 15) is 38.3 Å². The third kappa shape index (κ3) is 8.43. The second-order valence-electron chi connectivity index (χ2n) is 18.3. The van der Waals surface area contributed by atoms with Gasteiger partial charge in [0.05, 0.1) is 63.2 Å². The molecule has 2 atom stereocenters. The Kier molecular flexibility index (Phi) is 11.2. The Bertz CT molecular complexity index is 3050. The Hall–Kier alpha value is -6.25. The summed E-state index contributed by atoms with van der Waals surface area (Å²) in [7, 11) is -2.06. The molecule has 1 saturated carbocycles. The highest BCUT2D eigenvalue weighted by atomic mass is 32.2. The van der Waals surface area contributed by atoms with Gasteiger partial charge in [-0.05, 0) is 87.4 Å². The lowest BCUT2D eigenvalue weighted by molar-refractivity contribution is -0.120. The fourth-order valence-corrected chi connectivity index (χ4v) is 11.3. The molecule has 4 saturated heterocycles. The molecule has 19 nitrogen and oxygen atoms in total. The molecule has 0 bridgehead atoms. The number of nitrogens with one attached hydrogen (secondary N) is 2. The Balaban J connectivity index is 0.755. The molecule has 2 aromatic heterocycles. The molecule has 1 spiro atoms. The van der Waals surface area contributed by atoms with Gasteiger partial charge in [-0.15, -0.1) is 0 Å². The molecule has 1 unspecified atom stereocenters. The minimum atomic E-state index is -3.76. The van der Waals surface area contributed by atoms with Gasteiger partial charge in [-0.1, -0.05) is 0 Å². The molecule has 4 aliphatic heterocycles. The number of rotatable bonds is 11. The average molecular weight is 943 g/mol. The van der Waals surface area contributed by atoms with Gasteiger partial charge < -0.3 is 24.6 Å². The summed E-state index contributed by atoms with van der Waals surface area (Å²) in [4.78, 5) is 47.8. The molecule has 22 heteroatoms. The number of anilines is 3. The van der Waals surface area contributed by atoms with Gasteiger partial charge >= 0.3 is 6.03 Å². The van der Waals surface area contributed by atoms with Crippen LogP contribution in [0.3, 0.4) is 0 Å². The van der Waals surface area contributed by atoms with Crippen molar-refractivity contribution in [3.8, 4) is 17.6 Å². The summed E-state index contributed by atoms with van der Waals surface area (Å²) in [6, 6.07) is 10.5. The van der Waals surface area contributed by atoms with Crippen LogP contribution < -0.4 is 30.1 Å². The minimum Gasteiger partial charge on any atom is -0.453 e. The van der Waals surface area contributed by atoms with Crippen LogP contribution in [0.4, 0.5) is 30.8 Å². The summed E-state index contributed by atoms with van der Waals surface area (Å²) in [5, 5.41) is 39.8. The lowest BCUT2D eigenvalue weighted by Gasteiger charge is -2.44. The van der Waals surface area contributed by atoms with Gasteiger partial charge in [0.25, 0.3) is 5.56 Å². The second kappa shape index (κ2) is 16.8. The van der Waals surface area contributed by atoms with Crippen molar-refractivity contribution in [2.75, 3.05) is 53.9 Å². The second-order valence-corrected chi connectivity index (χ2v) is 20.3. The molecule has 5 aromatic rings. The molecular weight excluding hydrogens is 895 g/mol. The molecule has 10 rings (SSSR count). The fourth-order valence-electron chi connectivity index (χ4n) is 9.89. The number of likely N-dealkylation sites (tertiary alicyclic amines) is 1. The van der Waals surface area contributed by atoms with E-state index in [1.165, 1.54) is 46.1 Å². The Labute approximate surface area is 382 Å². The van der Waals surface area contributed by atoms with Gasteiger partial charge in [0, 0.05) is 58.0 Å². The SMILES string of the molecule is Cn1nc(N2CCC(=O)NC2=O)c2cc(F)c(N3CCC(O)(CC(O)N4CCC5(CC4)C[C@@H](n4cnc6ccc(Oc7c(F)ccc(NS(=O)(=O)C8CC8)c7C#N)cc6c4=O)CO5)CC3)cc21. The predicted molar refractivity (Wildman–Crippen MR) is 239 cm³/mol. The summed E-state index contributed by atoms with van der Waals surface area (Å²) < 4.78 is 73.7. The average Bonchev–Trinajstić information content (AvgIpc) is 4.03. The number of amides is 3. The number of nitriles is 1. The number of fused-ring (bicyclic) bond motifs is 2. The first-order valence-electron chi connectivity index (χ1n) is 22.3. The number of aryl methyl sites for hydroxylation is 1. The molecule has 0 radical (unpaired) electrons. The Morgan fingerprint density at radius 1 is 1.01 bits per heavy atom. The summed E-state index contributed by atoms with van der Waals surface area (Å²) in [5.41, 5.74) is -1.28. The van der Waals surface area contributed by atoms with Crippen LogP contribution in [0.15, 0.2) is 53.6 Å². The number of aliphatic hydroxyl groups excluding tert-OH is 1. The first-order valence-corrected chi connectivity index (χ1v) is 23.8. The third-order valence-electron chi connectivity index (χ3n) is 13.9. The van der Waals surface area contributed by atoms with Crippen molar-refractivity contribution in [2.24, 2.45) is 7.05 Å². The highest BCUT2D eigenvalue weighted by Gasteiger charge is 2.46. The smallest absolute Gasteiger partial charge is 0.329 e. The monoisotopic (exact) mass is 942 g/mol. The third-order valence-corrected chi connectivity index (χ3v) is 15.8. The number of nitrogens with zero attached hydrogens (tertiary/aromatic N) is 8. The number of carbonyl (C=O) groups excluding carboxylic acids is 2. The summed E-state index contributed by atoms with van der Waals surface area (Å²) >= 11 is 0. The number of halogens is 2. The standard InChI is InChI=1S/C45H48F2N10O9S/c1-53-36-20-37(33(47)19-30(36)41(51-53)56-13-8-38(58)50-43(56)61)54-14-9-44(62,10-15-54)22-39(59)55-16-11-45(12-17-55)21-26(24-65-45)57-25-49-34-6-2-27(18-29(34)42(57)60)66-40-31(23-48)35(7-5-32(40)46)52-67(63,64)28-3-4-28/h2,5-7,18-20,25-26,28,39,52,59,62H,3-4,8-17,21-22,24H2,1H3,(H,50,58,61)/t26-,39?/m1/s1. The minimum absolute atomic E-state index is 0.0423. The van der Waals surface area contributed by atoms with Crippen LogP contribution in [-0.2, 0) is 26.6 Å². The van der Waals surface area contributed by atoms with Crippen molar-refractivity contribution in [2.45, 2.75) is 86.5 Å². The van der Waals surface area contributed by atoms with Crippen molar-refractivity contribution >= 4 is 61.0 Å². The number of sulfonamides is 1. The number of aromatic nitrogens is 4. The maximum absolute atomic E-state index is 15.7. The topological polar surface area (TPSA) is 237 Å². The molecule has 5 fully saturated rings. The highest BCUT2D eigenvalue weighted by Crippen LogP contribution is 2.42. The number of urea groups is 1. The summed E-state index contributed by atoms with van der Waals surface area (Å²) in [6.07, 6.45) is 3.96. The van der Waals surface area contributed by atoms with Crippen LogP contribution in [0.1, 0.15) is 69.4 Å². The number of carbonyl (C=O) groups is 2. The lowest BCUT2D eigenvalue weighted by Crippen LogP contribution is -2.52. The molecule has 4 N–H and O–H groups in total. The molecule has 5 aliphatic rings. The molecule has 67 heavy (non-hydrogen) atoms. The Morgan fingerprint density at radius 3 is 2.49 bits per heavy atom. The molecule has 3 amide bonds. The fraction of sp³-hybridized carbons (Fsp3) is 0.467. The van der Waals surface area contributed by atoms with E-state index in [1.54, 1.807) is 17.8 Å². The van der Waals surface area contributed by atoms with Crippen LogP contribution in [0.5, 0.6) is 11.5 Å². The van der Waals surface area contributed by atoms with Crippen LogP contribution in [0, 0.1) is 23.0 Å². The zero-order valence-corrected chi connectivity index (χ0v) is 37.3. The first kappa shape index (κ1) is 44.6.